The maximum atomic E-state index is 14.5. The van der Waals surface area contributed by atoms with Gasteiger partial charge in [0.05, 0.1) is 12.2 Å². The molecule has 0 radical (unpaired) electrons. The molecule has 0 N–H and O–H groups in total. The first-order chi connectivity index (χ1) is 20.9. The lowest BCUT2D eigenvalue weighted by Crippen LogP contribution is -2.39. The number of benzene rings is 2. The Labute approximate surface area is 255 Å². The predicted molar refractivity (Wildman–Crippen MR) is 162 cm³/mol. The molecule has 0 aliphatic heterocycles. The quantitative estimate of drug-likeness (QED) is 0.0596. The topological polar surface area (TPSA) is 67.1 Å². The molecule has 0 saturated heterocycles. The zero-order chi connectivity index (χ0) is 32.3. The average molecular weight is 645 g/mol. The van der Waals surface area contributed by atoms with Gasteiger partial charge in [0.15, 0.2) is 0 Å². The Morgan fingerprint density at radius 2 is 1.59 bits per heavy atom. The summed E-state index contributed by atoms with van der Waals surface area (Å²) in [6, 6.07) is 10.7. The number of unbranched alkanes of at least 4 members (excludes halogenated alkanes) is 2. The summed E-state index contributed by atoms with van der Waals surface area (Å²) >= 11 is 0. The lowest BCUT2D eigenvalue weighted by molar-refractivity contribution is -0.274. The van der Waals surface area contributed by atoms with Crippen molar-refractivity contribution in [2.75, 3.05) is 19.8 Å². The first kappa shape index (κ1) is 35.5. The first-order valence-electron chi connectivity index (χ1n) is 15.0. The third-order valence-corrected chi connectivity index (χ3v) is 10.2. The number of halogens is 5. The van der Waals surface area contributed by atoms with Crippen LogP contribution in [0.3, 0.4) is 0 Å². The summed E-state index contributed by atoms with van der Waals surface area (Å²) in [6.07, 6.45) is -5.31. The number of aryl methyl sites for hydroxylation is 1. The van der Waals surface area contributed by atoms with Crippen molar-refractivity contribution in [1.29, 1.82) is 0 Å². The second kappa shape index (κ2) is 16.4. The highest BCUT2D eigenvalue weighted by molar-refractivity contribution is 6.66. The minimum Gasteiger partial charge on any atom is -0.493 e. The van der Waals surface area contributed by atoms with E-state index in [2.05, 4.69) is 4.74 Å². The van der Waals surface area contributed by atoms with Crippen LogP contribution < -0.4 is 15.1 Å². The number of alkyl halides is 5. The lowest BCUT2D eigenvalue weighted by atomic mass is 10.00. The molecule has 244 valence electrons. The number of ether oxygens (including phenoxy) is 2. The van der Waals surface area contributed by atoms with Crippen LogP contribution in [0.1, 0.15) is 58.4 Å². The van der Waals surface area contributed by atoms with Crippen molar-refractivity contribution >= 4 is 19.5 Å². The van der Waals surface area contributed by atoms with Crippen LogP contribution in [0.2, 0.25) is 12.6 Å². The molecule has 2 atom stereocenters. The highest BCUT2D eigenvalue weighted by Crippen LogP contribution is 2.35. The van der Waals surface area contributed by atoms with Gasteiger partial charge >= 0.3 is 20.5 Å². The Morgan fingerprint density at radius 1 is 0.886 bits per heavy atom. The van der Waals surface area contributed by atoms with Gasteiger partial charge in [0, 0.05) is 36.7 Å². The van der Waals surface area contributed by atoms with Gasteiger partial charge in [0.2, 0.25) is 0 Å². The van der Waals surface area contributed by atoms with E-state index in [0.29, 0.717) is 36.6 Å². The average Bonchev–Trinajstić information content (AvgIpc) is 2.95. The summed E-state index contributed by atoms with van der Waals surface area (Å²) < 4.78 is 95.4. The monoisotopic (exact) mass is 644 g/mol. The summed E-state index contributed by atoms with van der Waals surface area (Å²) in [5.74, 6) is -0.214. The highest BCUT2D eigenvalue weighted by atomic mass is 28.4. The maximum absolute atomic E-state index is 14.5. The SMILES string of the molecule is CCCCCc1ccc(-c2cc3ccc(OCCC(F)C(F)CC[Si](C)(OCC)OCC)cc3oc2=O)c(OC(F)(F)F)c1. The van der Waals surface area contributed by atoms with Crippen molar-refractivity contribution in [1.82, 2.24) is 0 Å². The van der Waals surface area contributed by atoms with Crippen LogP contribution in [-0.4, -0.2) is 47.1 Å². The van der Waals surface area contributed by atoms with E-state index in [1.54, 1.807) is 18.2 Å². The predicted octanol–water partition coefficient (Wildman–Crippen LogP) is 9.07. The molecule has 0 aliphatic rings. The second-order valence-electron chi connectivity index (χ2n) is 10.7. The highest BCUT2D eigenvalue weighted by Gasteiger charge is 2.34. The van der Waals surface area contributed by atoms with Crippen LogP contribution in [0, 0.1) is 0 Å². The fourth-order valence-corrected chi connectivity index (χ4v) is 7.34. The molecule has 0 aliphatic carbocycles. The molecule has 0 amide bonds. The molecule has 44 heavy (non-hydrogen) atoms. The fourth-order valence-electron chi connectivity index (χ4n) is 4.95. The normalized spacial score (nSPS) is 13.7. The zero-order valence-corrected chi connectivity index (χ0v) is 26.6. The molecule has 0 spiro atoms. The zero-order valence-electron chi connectivity index (χ0n) is 25.6. The number of rotatable bonds is 18. The van der Waals surface area contributed by atoms with Gasteiger partial charge < -0.3 is 22.7 Å². The molecule has 12 heteroatoms. The first-order valence-corrected chi connectivity index (χ1v) is 17.6. The third-order valence-electron chi connectivity index (χ3n) is 7.17. The van der Waals surface area contributed by atoms with E-state index in [-0.39, 0.29) is 41.9 Å². The molecular weight excluding hydrogens is 603 g/mol. The molecule has 3 aromatic rings. The minimum atomic E-state index is -4.95. The number of hydrogen-bond donors (Lipinski definition) is 0. The van der Waals surface area contributed by atoms with Gasteiger partial charge in [-0.3, -0.25) is 0 Å². The molecule has 2 aromatic carbocycles. The fraction of sp³-hybridized carbons (Fsp3) is 0.531. The van der Waals surface area contributed by atoms with E-state index in [0.717, 1.165) is 19.3 Å². The van der Waals surface area contributed by atoms with Crippen molar-refractivity contribution in [3.05, 3.63) is 58.4 Å². The molecular formula is C32H41F5O6Si. The standard InChI is InChI=1S/C32H41F5O6Si/c1-5-8-9-10-22-11-14-25(30(19-22)43-32(35,36)37)26-20-23-12-13-24(21-29(23)42-31(26)38)39-17-15-27(33)28(34)16-18-44(4,40-6-2)41-7-3/h11-14,19-21,27-28H,5-10,15-18H2,1-4H3. The van der Waals surface area contributed by atoms with Crippen LogP contribution in [-0.2, 0) is 15.3 Å². The van der Waals surface area contributed by atoms with E-state index in [1.807, 2.05) is 27.3 Å². The summed E-state index contributed by atoms with van der Waals surface area (Å²) in [7, 11) is -2.55. The Morgan fingerprint density at radius 3 is 2.25 bits per heavy atom. The molecule has 3 rings (SSSR count). The van der Waals surface area contributed by atoms with E-state index in [9.17, 15) is 26.7 Å². The van der Waals surface area contributed by atoms with Crippen LogP contribution in [0.15, 0.2) is 51.7 Å². The van der Waals surface area contributed by atoms with Gasteiger partial charge in [-0.15, -0.1) is 13.2 Å². The summed E-state index contributed by atoms with van der Waals surface area (Å²) in [6.45, 7) is 8.30. The number of fused-ring (bicyclic) bond motifs is 1. The molecule has 0 fully saturated rings. The van der Waals surface area contributed by atoms with Gasteiger partial charge in [0.25, 0.3) is 0 Å². The Kier molecular flexibility index (Phi) is 13.2. The Hall–Kier alpha value is -2.96. The van der Waals surface area contributed by atoms with Gasteiger partial charge in [0.1, 0.15) is 29.4 Å². The molecule has 1 aromatic heterocycles. The van der Waals surface area contributed by atoms with E-state index in [4.69, 9.17) is 18.0 Å². The number of hydrogen-bond acceptors (Lipinski definition) is 6. The van der Waals surface area contributed by atoms with E-state index in [1.165, 1.54) is 24.3 Å². The molecule has 0 saturated carbocycles. The summed E-state index contributed by atoms with van der Waals surface area (Å²) in [5.41, 5.74) is -0.203. The van der Waals surface area contributed by atoms with Gasteiger partial charge in [-0.2, -0.15) is 0 Å². The molecule has 1 heterocycles. The molecule has 2 unspecified atom stereocenters. The van der Waals surface area contributed by atoms with Crippen LogP contribution in [0.5, 0.6) is 11.5 Å². The van der Waals surface area contributed by atoms with Gasteiger partial charge in [-0.05, 0) is 75.5 Å². The van der Waals surface area contributed by atoms with Crippen molar-refractivity contribution in [3.63, 3.8) is 0 Å². The minimum absolute atomic E-state index is 0.0232. The van der Waals surface area contributed by atoms with Crippen molar-refractivity contribution in [2.45, 2.75) is 90.6 Å². The maximum Gasteiger partial charge on any atom is 0.573 e. The van der Waals surface area contributed by atoms with Crippen molar-refractivity contribution in [2.24, 2.45) is 0 Å². The largest absolute Gasteiger partial charge is 0.573 e. The summed E-state index contributed by atoms with van der Waals surface area (Å²) in [4.78, 5) is 12.9. The molecule has 0 bridgehead atoms. The third kappa shape index (κ3) is 10.6. The smallest absolute Gasteiger partial charge is 0.493 e. The Bertz CT molecular complexity index is 1390. The van der Waals surface area contributed by atoms with E-state index >= 15 is 0 Å². The van der Waals surface area contributed by atoms with Crippen LogP contribution in [0.4, 0.5) is 22.0 Å². The van der Waals surface area contributed by atoms with Gasteiger partial charge in [-0.25, -0.2) is 13.6 Å². The van der Waals surface area contributed by atoms with Crippen molar-refractivity contribution in [3.8, 4) is 22.6 Å². The van der Waals surface area contributed by atoms with Gasteiger partial charge in [-0.1, -0.05) is 31.9 Å². The summed E-state index contributed by atoms with van der Waals surface area (Å²) in [5, 5.41) is 0.430. The Balaban J connectivity index is 1.69. The van der Waals surface area contributed by atoms with Crippen LogP contribution in [0.25, 0.3) is 22.1 Å². The van der Waals surface area contributed by atoms with Crippen LogP contribution >= 0.6 is 0 Å². The second-order valence-corrected chi connectivity index (χ2v) is 14.0. The van der Waals surface area contributed by atoms with E-state index < -0.39 is 38.6 Å². The molecule has 6 nitrogen and oxygen atoms in total. The lowest BCUT2D eigenvalue weighted by Gasteiger charge is -2.27. The van der Waals surface area contributed by atoms with Crippen molar-refractivity contribution < 1.29 is 44.7 Å².